The molecule has 9 nitrogen and oxygen atoms in total. The lowest BCUT2D eigenvalue weighted by atomic mass is 9.85. The smallest absolute Gasteiger partial charge is 0.327 e. The Morgan fingerprint density at radius 1 is 1.25 bits per heavy atom. The van der Waals surface area contributed by atoms with E-state index in [0.717, 1.165) is 0 Å². The SMILES string of the molecule is COCCN1C(=O)N(CC(C)C)C2(CCN(C(=O)c3cnccn3)CC2)C1=O. The average molecular weight is 389 g/mol. The third-order valence-electron chi connectivity index (χ3n) is 5.35. The lowest BCUT2D eigenvalue weighted by Crippen LogP contribution is -2.58. The van der Waals surface area contributed by atoms with Gasteiger partial charge in [0.1, 0.15) is 11.2 Å². The van der Waals surface area contributed by atoms with Gasteiger partial charge >= 0.3 is 6.03 Å². The first-order chi connectivity index (χ1) is 13.4. The van der Waals surface area contributed by atoms with Gasteiger partial charge < -0.3 is 14.5 Å². The summed E-state index contributed by atoms with van der Waals surface area (Å²) >= 11 is 0. The van der Waals surface area contributed by atoms with E-state index in [0.29, 0.717) is 39.1 Å². The summed E-state index contributed by atoms with van der Waals surface area (Å²) in [6.07, 6.45) is 5.27. The normalized spacial score (nSPS) is 19.2. The van der Waals surface area contributed by atoms with Crippen LogP contribution in [0.1, 0.15) is 37.2 Å². The van der Waals surface area contributed by atoms with Crippen molar-refractivity contribution in [1.82, 2.24) is 24.7 Å². The van der Waals surface area contributed by atoms with Crippen molar-refractivity contribution in [2.75, 3.05) is 39.9 Å². The van der Waals surface area contributed by atoms with Gasteiger partial charge in [0.05, 0.1) is 19.3 Å². The summed E-state index contributed by atoms with van der Waals surface area (Å²) in [6, 6.07) is -0.260. The first kappa shape index (κ1) is 20.2. The van der Waals surface area contributed by atoms with Gasteiger partial charge in [0.25, 0.3) is 11.8 Å². The first-order valence-corrected chi connectivity index (χ1v) is 9.58. The zero-order valence-corrected chi connectivity index (χ0v) is 16.6. The zero-order chi connectivity index (χ0) is 20.3. The van der Waals surface area contributed by atoms with E-state index in [2.05, 4.69) is 9.97 Å². The molecule has 0 aromatic carbocycles. The van der Waals surface area contributed by atoms with Crippen LogP contribution in [-0.4, -0.2) is 87.9 Å². The fraction of sp³-hybridized carbons (Fsp3) is 0.632. The van der Waals surface area contributed by atoms with Crippen molar-refractivity contribution in [3.8, 4) is 0 Å². The number of carbonyl (C=O) groups is 3. The van der Waals surface area contributed by atoms with Gasteiger partial charge in [-0.15, -0.1) is 0 Å². The fourth-order valence-electron chi connectivity index (χ4n) is 3.92. The van der Waals surface area contributed by atoms with Gasteiger partial charge in [-0.3, -0.25) is 19.5 Å². The standard InChI is InChI=1S/C19H27N5O4/c1-14(2)13-24-18(27)23(10-11-28-3)17(26)19(24)4-8-22(9-5-19)16(25)15-12-20-6-7-21-15/h6-7,12,14H,4-5,8-11,13H2,1-3H3. The third-order valence-corrected chi connectivity index (χ3v) is 5.35. The summed E-state index contributed by atoms with van der Waals surface area (Å²) in [5.74, 6) is -0.150. The molecule has 4 amide bonds. The highest BCUT2D eigenvalue weighted by Gasteiger charge is 2.58. The van der Waals surface area contributed by atoms with Crippen LogP contribution in [0.5, 0.6) is 0 Å². The van der Waals surface area contributed by atoms with Gasteiger partial charge in [0, 0.05) is 39.1 Å². The van der Waals surface area contributed by atoms with E-state index < -0.39 is 5.54 Å². The van der Waals surface area contributed by atoms with Gasteiger partial charge in [0.15, 0.2) is 0 Å². The Hall–Kier alpha value is -2.55. The maximum absolute atomic E-state index is 13.2. The van der Waals surface area contributed by atoms with Crippen LogP contribution in [0.2, 0.25) is 0 Å². The van der Waals surface area contributed by atoms with Crippen LogP contribution in [0.3, 0.4) is 0 Å². The van der Waals surface area contributed by atoms with Crippen LogP contribution >= 0.6 is 0 Å². The van der Waals surface area contributed by atoms with Crippen LogP contribution in [0, 0.1) is 5.92 Å². The summed E-state index contributed by atoms with van der Waals surface area (Å²) in [6.45, 7) is 5.88. The number of rotatable bonds is 6. The molecule has 0 atom stereocenters. The molecule has 28 heavy (non-hydrogen) atoms. The molecule has 3 heterocycles. The number of urea groups is 1. The molecular formula is C19H27N5O4. The number of carbonyl (C=O) groups excluding carboxylic acids is 3. The number of nitrogens with zero attached hydrogens (tertiary/aromatic N) is 5. The van der Waals surface area contributed by atoms with Crippen LogP contribution < -0.4 is 0 Å². The Bertz CT molecular complexity index is 731. The highest BCUT2D eigenvalue weighted by molar-refractivity contribution is 6.07. The highest BCUT2D eigenvalue weighted by atomic mass is 16.5. The number of hydrogen-bond donors (Lipinski definition) is 0. The van der Waals surface area contributed by atoms with Gasteiger partial charge in [-0.25, -0.2) is 9.78 Å². The monoisotopic (exact) mass is 389 g/mol. The molecular weight excluding hydrogens is 362 g/mol. The van der Waals surface area contributed by atoms with Crippen molar-refractivity contribution >= 4 is 17.8 Å². The molecule has 0 aliphatic carbocycles. The number of likely N-dealkylation sites (tertiary alicyclic amines) is 1. The van der Waals surface area contributed by atoms with E-state index >= 15 is 0 Å². The maximum atomic E-state index is 13.2. The summed E-state index contributed by atoms with van der Waals surface area (Å²) < 4.78 is 5.06. The van der Waals surface area contributed by atoms with Crippen molar-refractivity contribution in [3.05, 3.63) is 24.3 Å². The molecule has 1 aromatic rings. The summed E-state index contributed by atoms with van der Waals surface area (Å²) in [5.41, 5.74) is -0.595. The van der Waals surface area contributed by atoms with Gasteiger partial charge in [-0.2, -0.15) is 0 Å². The number of aromatic nitrogens is 2. The molecule has 0 radical (unpaired) electrons. The second-order valence-electron chi connectivity index (χ2n) is 7.65. The molecule has 9 heteroatoms. The van der Waals surface area contributed by atoms with Crippen LogP contribution in [0.4, 0.5) is 4.79 Å². The molecule has 2 aliphatic heterocycles. The Kier molecular flexibility index (Phi) is 5.93. The zero-order valence-electron chi connectivity index (χ0n) is 16.6. The number of hydrogen-bond acceptors (Lipinski definition) is 6. The van der Waals surface area contributed by atoms with Crippen molar-refractivity contribution < 1.29 is 19.1 Å². The molecule has 2 fully saturated rings. The first-order valence-electron chi connectivity index (χ1n) is 9.58. The molecule has 2 saturated heterocycles. The minimum atomic E-state index is -0.881. The van der Waals surface area contributed by atoms with E-state index in [1.54, 1.807) is 16.9 Å². The molecule has 0 bridgehead atoms. The molecule has 1 spiro atoms. The van der Waals surface area contributed by atoms with Gasteiger partial charge in [-0.1, -0.05) is 13.8 Å². The Morgan fingerprint density at radius 2 is 1.96 bits per heavy atom. The average Bonchev–Trinajstić information content (AvgIpc) is 2.88. The molecule has 1 aromatic heterocycles. The van der Waals surface area contributed by atoms with E-state index in [1.165, 1.54) is 23.5 Å². The van der Waals surface area contributed by atoms with E-state index in [1.807, 2.05) is 13.8 Å². The lowest BCUT2D eigenvalue weighted by Gasteiger charge is -2.42. The van der Waals surface area contributed by atoms with E-state index in [9.17, 15) is 14.4 Å². The molecule has 3 rings (SSSR count). The van der Waals surface area contributed by atoms with Crippen molar-refractivity contribution in [2.24, 2.45) is 5.92 Å². The number of ether oxygens (including phenoxy) is 1. The molecule has 0 saturated carbocycles. The van der Waals surface area contributed by atoms with E-state index in [-0.39, 0.29) is 36.0 Å². The second-order valence-corrected chi connectivity index (χ2v) is 7.65. The predicted octanol–water partition coefficient (Wildman–Crippen LogP) is 1.02. The van der Waals surface area contributed by atoms with Crippen LogP contribution in [0.25, 0.3) is 0 Å². The second kappa shape index (κ2) is 8.22. The topological polar surface area (TPSA) is 95.9 Å². The molecule has 152 valence electrons. The number of methoxy groups -OCH3 is 1. The van der Waals surface area contributed by atoms with Gasteiger partial charge in [0.2, 0.25) is 0 Å². The lowest BCUT2D eigenvalue weighted by molar-refractivity contribution is -0.135. The molecule has 0 N–H and O–H groups in total. The molecule has 0 unspecified atom stereocenters. The highest BCUT2D eigenvalue weighted by Crippen LogP contribution is 2.38. The van der Waals surface area contributed by atoms with E-state index in [4.69, 9.17) is 4.74 Å². The number of piperidine rings is 1. The van der Waals surface area contributed by atoms with Crippen LogP contribution in [-0.2, 0) is 9.53 Å². The summed E-state index contributed by atoms with van der Waals surface area (Å²) in [7, 11) is 1.54. The predicted molar refractivity (Wildman–Crippen MR) is 100 cm³/mol. The third kappa shape index (κ3) is 3.58. The quantitative estimate of drug-likeness (QED) is 0.674. The van der Waals surface area contributed by atoms with Crippen molar-refractivity contribution in [1.29, 1.82) is 0 Å². The summed E-state index contributed by atoms with van der Waals surface area (Å²) in [4.78, 5) is 51.5. The largest absolute Gasteiger partial charge is 0.383 e. The maximum Gasteiger partial charge on any atom is 0.327 e. The fourth-order valence-corrected chi connectivity index (χ4v) is 3.92. The molecule has 2 aliphatic rings. The van der Waals surface area contributed by atoms with Crippen molar-refractivity contribution in [3.63, 3.8) is 0 Å². The minimum absolute atomic E-state index is 0.179. The Labute approximate surface area is 164 Å². The van der Waals surface area contributed by atoms with Crippen LogP contribution in [0.15, 0.2) is 18.6 Å². The minimum Gasteiger partial charge on any atom is -0.383 e. The Balaban J connectivity index is 1.78. The van der Waals surface area contributed by atoms with Gasteiger partial charge in [-0.05, 0) is 18.8 Å². The summed E-state index contributed by atoms with van der Waals surface area (Å²) in [5, 5.41) is 0. The Morgan fingerprint density at radius 3 is 2.54 bits per heavy atom. The van der Waals surface area contributed by atoms with Crippen molar-refractivity contribution in [2.45, 2.75) is 32.2 Å². The number of amides is 4. The number of imide groups is 1.